The third kappa shape index (κ3) is 2.96. The highest BCUT2D eigenvalue weighted by Crippen LogP contribution is 2.16. The average Bonchev–Trinajstić information content (AvgIpc) is 2.88. The van der Waals surface area contributed by atoms with Gasteiger partial charge in [0.2, 0.25) is 0 Å². The lowest BCUT2D eigenvalue weighted by Gasteiger charge is -2.17. The van der Waals surface area contributed by atoms with Gasteiger partial charge >= 0.3 is 0 Å². The van der Waals surface area contributed by atoms with E-state index in [1.807, 2.05) is 10.7 Å². The minimum Gasteiger partial charge on any atom is -0.303 e. The minimum absolute atomic E-state index is 0.369. The van der Waals surface area contributed by atoms with Crippen LogP contribution in [0.5, 0.6) is 0 Å². The van der Waals surface area contributed by atoms with Crippen LogP contribution in [0.4, 0.5) is 0 Å². The molecule has 0 aliphatic rings. The Morgan fingerprint density at radius 2 is 2.00 bits per heavy atom. The van der Waals surface area contributed by atoms with E-state index in [9.17, 15) is 0 Å². The minimum atomic E-state index is 0.369. The molecule has 0 aliphatic carbocycles. The Hall–Kier alpha value is -1.68. The van der Waals surface area contributed by atoms with Gasteiger partial charge in [-0.1, -0.05) is 37.3 Å². The first-order valence-corrected chi connectivity index (χ1v) is 6.50. The van der Waals surface area contributed by atoms with Gasteiger partial charge in [0.25, 0.3) is 0 Å². The number of rotatable bonds is 6. The molecule has 1 heterocycles. The van der Waals surface area contributed by atoms with Crippen LogP contribution in [0.1, 0.15) is 37.7 Å². The van der Waals surface area contributed by atoms with Crippen LogP contribution in [0.25, 0.3) is 0 Å². The molecule has 4 heteroatoms. The van der Waals surface area contributed by atoms with E-state index in [0.29, 0.717) is 6.04 Å². The molecule has 1 unspecified atom stereocenters. The molecule has 1 aromatic carbocycles. The van der Waals surface area contributed by atoms with E-state index in [-0.39, 0.29) is 0 Å². The number of benzene rings is 1. The summed E-state index contributed by atoms with van der Waals surface area (Å²) in [6.45, 7) is 5.88. The predicted octanol–water partition coefficient (Wildman–Crippen LogP) is 2.54. The lowest BCUT2D eigenvalue weighted by atomic mass is 10.0. The number of aromatic nitrogens is 3. The molecule has 0 radical (unpaired) electrons. The zero-order valence-corrected chi connectivity index (χ0v) is 11.0. The van der Waals surface area contributed by atoms with Crippen molar-refractivity contribution in [2.45, 2.75) is 39.4 Å². The second kappa shape index (κ2) is 6.31. The molecule has 0 bridgehead atoms. The molecule has 0 aliphatic heterocycles. The Kier molecular flexibility index (Phi) is 4.47. The van der Waals surface area contributed by atoms with Crippen molar-refractivity contribution in [2.75, 3.05) is 0 Å². The molecule has 0 spiro atoms. The van der Waals surface area contributed by atoms with Gasteiger partial charge in [-0.2, -0.15) is 5.10 Å². The maximum Gasteiger partial charge on any atom is 0.140 e. The molecule has 18 heavy (non-hydrogen) atoms. The maximum atomic E-state index is 4.28. The quantitative estimate of drug-likeness (QED) is 0.849. The van der Waals surface area contributed by atoms with Crippen LogP contribution in [0, 0.1) is 0 Å². The molecule has 2 rings (SSSR count). The van der Waals surface area contributed by atoms with E-state index in [0.717, 1.165) is 25.3 Å². The monoisotopic (exact) mass is 244 g/mol. The normalized spacial score (nSPS) is 12.6. The molecule has 0 amide bonds. The van der Waals surface area contributed by atoms with Gasteiger partial charge in [-0.15, -0.1) is 0 Å². The van der Waals surface area contributed by atoms with Crippen molar-refractivity contribution in [1.82, 2.24) is 20.1 Å². The Balaban J connectivity index is 2.00. The van der Waals surface area contributed by atoms with Crippen molar-refractivity contribution in [2.24, 2.45) is 0 Å². The number of nitrogens with one attached hydrogen (secondary N) is 1. The first kappa shape index (κ1) is 12.8. The Morgan fingerprint density at radius 1 is 1.22 bits per heavy atom. The Labute approximate surface area is 108 Å². The van der Waals surface area contributed by atoms with Crippen molar-refractivity contribution in [1.29, 1.82) is 0 Å². The number of aryl methyl sites for hydroxylation is 1. The average molecular weight is 244 g/mol. The number of nitrogens with zero attached hydrogens (tertiary/aromatic N) is 3. The summed E-state index contributed by atoms with van der Waals surface area (Å²) in [7, 11) is 0. The molecule has 96 valence electrons. The Bertz CT molecular complexity index is 464. The topological polar surface area (TPSA) is 42.7 Å². The van der Waals surface area contributed by atoms with E-state index in [1.54, 1.807) is 6.33 Å². The summed E-state index contributed by atoms with van der Waals surface area (Å²) < 4.78 is 1.92. The van der Waals surface area contributed by atoms with Gasteiger partial charge < -0.3 is 5.32 Å². The zero-order valence-electron chi connectivity index (χ0n) is 11.0. The van der Waals surface area contributed by atoms with Gasteiger partial charge in [0.15, 0.2) is 0 Å². The molecule has 0 saturated carbocycles. The summed E-state index contributed by atoms with van der Waals surface area (Å²) in [5, 5.41) is 7.72. The fraction of sp³-hybridized carbons (Fsp3) is 0.429. The SMILES string of the molecule is CCC(NCc1ncnn1CC)c1ccccc1. The second-order valence-electron chi connectivity index (χ2n) is 4.24. The van der Waals surface area contributed by atoms with Crippen LogP contribution in [0.15, 0.2) is 36.7 Å². The molecule has 0 fully saturated rings. The third-order valence-corrected chi connectivity index (χ3v) is 3.11. The predicted molar refractivity (Wildman–Crippen MR) is 72.0 cm³/mol. The van der Waals surface area contributed by atoms with E-state index in [2.05, 4.69) is 53.5 Å². The van der Waals surface area contributed by atoms with Crippen LogP contribution in [0.2, 0.25) is 0 Å². The fourth-order valence-corrected chi connectivity index (χ4v) is 2.09. The molecule has 1 atom stereocenters. The van der Waals surface area contributed by atoms with Crippen LogP contribution in [0.3, 0.4) is 0 Å². The highest BCUT2D eigenvalue weighted by Gasteiger charge is 2.10. The molecule has 4 nitrogen and oxygen atoms in total. The summed E-state index contributed by atoms with van der Waals surface area (Å²) in [5.74, 6) is 0.992. The van der Waals surface area contributed by atoms with Crippen molar-refractivity contribution in [3.63, 3.8) is 0 Å². The summed E-state index contributed by atoms with van der Waals surface area (Å²) in [4.78, 5) is 4.28. The van der Waals surface area contributed by atoms with E-state index < -0.39 is 0 Å². The van der Waals surface area contributed by atoms with Gasteiger partial charge in [-0.3, -0.25) is 0 Å². The van der Waals surface area contributed by atoms with Gasteiger partial charge in [0.05, 0.1) is 6.54 Å². The summed E-state index contributed by atoms with van der Waals surface area (Å²) in [6.07, 6.45) is 2.67. The molecule has 1 aromatic heterocycles. The molecular weight excluding hydrogens is 224 g/mol. The smallest absolute Gasteiger partial charge is 0.140 e. The summed E-state index contributed by atoms with van der Waals surface area (Å²) >= 11 is 0. The summed E-state index contributed by atoms with van der Waals surface area (Å²) in [6, 6.07) is 10.9. The van der Waals surface area contributed by atoms with Crippen molar-refractivity contribution >= 4 is 0 Å². The zero-order chi connectivity index (χ0) is 12.8. The van der Waals surface area contributed by atoms with Gasteiger partial charge in [-0.05, 0) is 18.9 Å². The molecular formula is C14H20N4. The largest absolute Gasteiger partial charge is 0.303 e. The fourth-order valence-electron chi connectivity index (χ4n) is 2.09. The highest BCUT2D eigenvalue weighted by molar-refractivity contribution is 5.18. The number of hydrogen-bond acceptors (Lipinski definition) is 3. The Morgan fingerprint density at radius 3 is 2.67 bits per heavy atom. The first-order valence-electron chi connectivity index (χ1n) is 6.50. The van der Waals surface area contributed by atoms with Crippen molar-refractivity contribution in [3.8, 4) is 0 Å². The lowest BCUT2D eigenvalue weighted by Crippen LogP contribution is -2.22. The maximum absolute atomic E-state index is 4.28. The standard InChI is InChI=1S/C14H20N4/c1-3-13(12-8-6-5-7-9-12)15-10-14-16-11-17-18(14)4-2/h5-9,11,13,15H,3-4,10H2,1-2H3. The molecule has 1 N–H and O–H groups in total. The van der Waals surface area contributed by atoms with Crippen LogP contribution in [-0.4, -0.2) is 14.8 Å². The van der Waals surface area contributed by atoms with Gasteiger partial charge in [0, 0.05) is 12.6 Å². The number of hydrogen-bond donors (Lipinski definition) is 1. The lowest BCUT2D eigenvalue weighted by molar-refractivity contribution is 0.488. The van der Waals surface area contributed by atoms with E-state index >= 15 is 0 Å². The van der Waals surface area contributed by atoms with Crippen molar-refractivity contribution < 1.29 is 0 Å². The van der Waals surface area contributed by atoms with Crippen LogP contribution >= 0.6 is 0 Å². The summed E-state index contributed by atoms with van der Waals surface area (Å²) in [5.41, 5.74) is 1.32. The van der Waals surface area contributed by atoms with Gasteiger partial charge in [0.1, 0.15) is 12.2 Å². The molecule has 2 aromatic rings. The highest BCUT2D eigenvalue weighted by atomic mass is 15.3. The third-order valence-electron chi connectivity index (χ3n) is 3.11. The van der Waals surface area contributed by atoms with Crippen LogP contribution < -0.4 is 5.32 Å². The van der Waals surface area contributed by atoms with E-state index in [4.69, 9.17) is 0 Å². The van der Waals surface area contributed by atoms with Gasteiger partial charge in [-0.25, -0.2) is 9.67 Å². The van der Waals surface area contributed by atoms with Crippen LogP contribution in [-0.2, 0) is 13.1 Å². The second-order valence-corrected chi connectivity index (χ2v) is 4.24. The van der Waals surface area contributed by atoms with Crippen molar-refractivity contribution in [3.05, 3.63) is 48.0 Å². The van der Waals surface area contributed by atoms with E-state index in [1.165, 1.54) is 5.56 Å². The molecule has 0 saturated heterocycles. The first-order chi connectivity index (χ1) is 8.85.